The lowest BCUT2D eigenvalue weighted by atomic mass is 9.77. The smallest absolute Gasteiger partial charge is 0.259 e. The molecule has 3 aromatic rings. The van der Waals surface area contributed by atoms with Crippen LogP contribution < -0.4 is 4.74 Å². The summed E-state index contributed by atoms with van der Waals surface area (Å²) in [6.45, 7) is 4.73. The molecule has 0 saturated carbocycles. The molecule has 2 amide bonds. The lowest BCUT2D eigenvalue weighted by molar-refractivity contribution is -0.136. The van der Waals surface area contributed by atoms with E-state index in [2.05, 4.69) is 5.16 Å². The van der Waals surface area contributed by atoms with E-state index in [4.69, 9.17) is 20.9 Å². The van der Waals surface area contributed by atoms with Crippen molar-refractivity contribution in [3.05, 3.63) is 70.9 Å². The fourth-order valence-corrected chi connectivity index (χ4v) is 5.87. The van der Waals surface area contributed by atoms with Gasteiger partial charge in [-0.3, -0.25) is 9.59 Å². The second-order valence-corrected chi connectivity index (χ2v) is 10.9. The third-order valence-corrected chi connectivity index (χ3v) is 8.01. The average Bonchev–Trinajstić information content (AvgIpc) is 3.34. The summed E-state index contributed by atoms with van der Waals surface area (Å²) in [7, 11) is 0. The Morgan fingerprint density at radius 3 is 2.45 bits per heavy atom. The largest absolute Gasteiger partial charge is 0.493 e. The van der Waals surface area contributed by atoms with Gasteiger partial charge in [0, 0.05) is 43.6 Å². The van der Waals surface area contributed by atoms with E-state index in [0.29, 0.717) is 53.7 Å². The Labute approximate surface area is 228 Å². The molecule has 5 rings (SSSR count). The van der Waals surface area contributed by atoms with Crippen LogP contribution in [0.2, 0.25) is 5.02 Å². The molecule has 0 aliphatic carbocycles. The SMILES string of the molecule is Cc1onc(-c2ccccc2Cl)c1C(=O)N1CCC[C@@](COc2ccccc2)(CC(=O)N2CCCCC2)C1. The van der Waals surface area contributed by atoms with E-state index >= 15 is 0 Å². The van der Waals surface area contributed by atoms with Gasteiger partial charge in [0.1, 0.15) is 22.8 Å². The minimum atomic E-state index is -0.492. The Kier molecular flexibility index (Phi) is 8.03. The zero-order valence-corrected chi connectivity index (χ0v) is 22.6. The monoisotopic (exact) mass is 535 g/mol. The Morgan fingerprint density at radius 2 is 1.68 bits per heavy atom. The third-order valence-electron chi connectivity index (χ3n) is 7.68. The van der Waals surface area contributed by atoms with Crippen molar-refractivity contribution in [2.45, 2.75) is 45.4 Å². The quantitative estimate of drug-likeness (QED) is 0.370. The Morgan fingerprint density at radius 1 is 0.974 bits per heavy atom. The zero-order chi connectivity index (χ0) is 26.5. The number of hydrogen-bond donors (Lipinski definition) is 0. The maximum atomic E-state index is 14.0. The van der Waals surface area contributed by atoms with Crippen molar-refractivity contribution < 1.29 is 18.8 Å². The molecule has 2 aliphatic heterocycles. The van der Waals surface area contributed by atoms with Gasteiger partial charge in [-0.25, -0.2) is 0 Å². The van der Waals surface area contributed by atoms with Crippen molar-refractivity contribution in [3.63, 3.8) is 0 Å². The maximum Gasteiger partial charge on any atom is 0.259 e. The standard InChI is InChI=1S/C30H34ClN3O4/c1-22-27(28(32-38-22)24-13-6-7-14-25(24)31)29(36)34-18-10-15-30(20-34,21-37-23-11-4-2-5-12-23)19-26(35)33-16-8-3-9-17-33/h2,4-7,11-14H,3,8-10,15-21H2,1H3/t30-/m1/s1. The van der Waals surface area contributed by atoms with Crippen molar-refractivity contribution in [1.82, 2.24) is 15.0 Å². The Bertz CT molecular complexity index is 1270. The summed E-state index contributed by atoms with van der Waals surface area (Å²) in [5.41, 5.74) is 1.03. The molecule has 8 heteroatoms. The molecule has 0 unspecified atom stereocenters. The maximum absolute atomic E-state index is 14.0. The van der Waals surface area contributed by atoms with Gasteiger partial charge in [0.05, 0.1) is 11.6 Å². The number of carbonyl (C=O) groups excluding carboxylic acids is 2. The van der Waals surface area contributed by atoms with Crippen LogP contribution in [0.4, 0.5) is 0 Å². The number of para-hydroxylation sites is 1. The first-order chi connectivity index (χ1) is 18.5. The minimum absolute atomic E-state index is 0.147. The lowest BCUT2D eigenvalue weighted by Gasteiger charge is -2.43. The molecule has 0 N–H and O–H groups in total. The molecular formula is C30H34ClN3O4. The molecule has 0 spiro atoms. The molecule has 0 radical (unpaired) electrons. The number of halogens is 1. The number of benzene rings is 2. The van der Waals surface area contributed by atoms with Gasteiger partial charge in [0.15, 0.2) is 0 Å². The number of hydrogen-bond acceptors (Lipinski definition) is 5. The first-order valence-corrected chi connectivity index (χ1v) is 13.8. The van der Waals surface area contributed by atoms with E-state index in [1.807, 2.05) is 58.3 Å². The van der Waals surface area contributed by atoms with Crippen LogP contribution in [0.1, 0.15) is 54.6 Å². The second kappa shape index (κ2) is 11.6. The number of ether oxygens (including phenoxy) is 1. The number of aromatic nitrogens is 1. The predicted octanol–water partition coefficient (Wildman–Crippen LogP) is 6.01. The molecule has 7 nitrogen and oxygen atoms in total. The van der Waals surface area contributed by atoms with Gasteiger partial charge in [-0.15, -0.1) is 0 Å². The second-order valence-electron chi connectivity index (χ2n) is 10.5. The third kappa shape index (κ3) is 5.73. The van der Waals surface area contributed by atoms with Crippen LogP contribution in [0.3, 0.4) is 0 Å². The highest BCUT2D eigenvalue weighted by atomic mass is 35.5. The van der Waals surface area contributed by atoms with Crippen LogP contribution >= 0.6 is 11.6 Å². The lowest BCUT2D eigenvalue weighted by Crippen LogP contribution is -2.51. The Hall–Kier alpha value is -3.32. The van der Waals surface area contributed by atoms with Gasteiger partial charge in [0.2, 0.25) is 5.91 Å². The summed E-state index contributed by atoms with van der Waals surface area (Å²) in [5, 5.41) is 4.70. The van der Waals surface area contributed by atoms with Gasteiger partial charge < -0.3 is 19.1 Å². The summed E-state index contributed by atoms with van der Waals surface area (Å²) < 4.78 is 11.7. The molecule has 200 valence electrons. The summed E-state index contributed by atoms with van der Waals surface area (Å²) >= 11 is 6.44. The molecule has 2 saturated heterocycles. The number of likely N-dealkylation sites (tertiary alicyclic amines) is 2. The van der Waals surface area contributed by atoms with Gasteiger partial charge in [0.25, 0.3) is 5.91 Å². The van der Waals surface area contributed by atoms with E-state index in [1.54, 1.807) is 13.0 Å². The number of aryl methyl sites for hydroxylation is 1. The van der Waals surface area contributed by atoms with Crippen LogP contribution in [-0.2, 0) is 4.79 Å². The number of piperidine rings is 2. The van der Waals surface area contributed by atoms with Gasteiger partial charge in [-0.1, -0.05) is 53.2 Å². The summed E-state index contributed by atoms with van der Waals surface area (Å²) in [4.78, 5) is 31.2. The fraction of sp³-hybridized carbons (Fsp3) is 0.433. The summed E-state index contributed by atoms with van der Waals surface area (Å²) in [5.74, 6) is 1.20. The average molecular weight is 536 g/mol. The molecule has 1 aromatic heterocycles. The molecule has 2 aromatic carbocycles. The normalized spacial score (nSPS) is 19.8. The molecule has 0 bridgehead atoms. The Balaban J connectivity index is 1.41. The number of rotatable bonds is 7. The highest BCUT2D eigenvalue weighted by Crippen LogP contribution is 2.38. The molecule has 3 heterocycles. The van der Waals surface area contributed by atoms with E-state index in [9.17, 15) is 9.59 Å². The highest BCUT2D eigenvalue weighted by molar-refractivity contribution is 6.33. The zero-order valence-electron chi connectivity index (χ0n) is 21.8. The minimum Gasteiger partial charge on any atom is -0.493 e. The topological polar surface area (TPSA) is 75.9 Å². The fourth-order valence-electron chi connectivity index (χ4n) is 5.64. The van der Waals surface area contributed by atoms with Crippen molar-refractivity contribution in [2.24, 2.45) is 5.41 Å². The first kappa shape index (κ1) is 26.3. The van der Waals surface area contributed by atoms with Crippen LogP contribution in [0, 0.1) is 12.3 Å². The van der Waals surface area contributed by atoms with Crippen LogP contribution in [0.25, 0.3) is 11.3 Å². The van der Waals surface area contributed by atoms with Crippen molar-refractivity contribution in [2.75, 3.05) is 32.8 Å². The molecule has 1 atom stereocenters. The van der Waals surface area contributed by atoms with Crippen LogP contribution in [0.5, 0.6) is 5.75 Å². The summed E-state index contributed by atoms with van der Waals surface area (Å²) in [6, 6.07) is 17.0. The molecular weight excluding hydrogens is 502 g/mol. The van der Waals surface area contributed by atoms with E-state index < -0.39 is 5.41 Å². The molecule has 38 heavy (non-hydrogen) atoms. The van der Waals surface area contributed by atoms with Crippen LogP contribution in [0.15, 0.2) is 59.1 Å². The number of nitrogens with zero attached hydrogens (tertiary/aromatic N) is 3. The van der Waals surface area contributed by atoms with E-state index in [-0.39, 0.29) is 11.8 Å². The number of carbonyl (C=O) groups is 2. The van der Waals surface area contributed by atoms with Gasteiger partial charge in [-0.2, -0.15) is 0 Å². The number of amides is 2. The highest BCUT2D eigenvalue weighted by Gasteiger charge is 2.42. The van der Waals surface area contributed by atoms with Crippen molar-refractivity contribution in [3.8, 4) is 17.0 Å². The van der Waals surface area contributed by atoms with E-state index in [1.165, 1.54) is 6.42 Å². The van der Waals surface area contributed by atoms with Crippen molar-refractivity contribution in [1.29, 1.82) is 0 Å². The van der Waals surface area contributed by atoms with Gasteiger partial charge >= 0.3 is 0 Å². The molecule has 2 aliphatic rings. The summed E-state index contributed by atoms with van der Waals surface area (Å²) in [6.07, 6.45) is 5.19. The van der Waals surface area contributed by atoms with Crippen LogP contribution in [-0.4, -0.2) is 59.6 Å². The predicted molar refractivity (Wildman–Crippen MR) is 146 cm³/mol. The first-order valence-electron chi connectivity index (χ1n) is 13.4. The molecule has 2 fully saturated rings. The van der Waals surface area contributed by atoms with E-state index in [0.717, 1.165) is 44.5 Å². The van der Waals surface area contributed by atoms with Crippen molar-refractivity contribution >= 4 is 23.4 Å². The van der Waals surface area contributed by atoms with Gasteiger partial charge in [-0.05, 0) is 57.2 Å².